The van der Waals surface area contributed by atoms with Gasteiger partial charge in [0.05, 0.1) is 27.4 Å². The molecule has 16 nitrogen and oxygen atoms in total. The fourth-order valence-corrected chi connectivity index (χ4v) is 6.67. The minimum atomic E-state index is -0.700. The Balaban J connectivity index is 0.000000189. The molecule has 4 aromatic rings. The van der Waals surface area contributed by atoms with Gasteiger partial charge in [-0.2, -0.15) is 9.97 Å². The van der Waals surface area contributed by atoms with Gasteiger partial charge in [-0.05, 0) is 82.1 Å². The maximum atomic E-state index is 8.91. The van der Waals surface area contributed by atoms with E-state index in [0.717, 1.165) is 97.6 Å². The second kappa shape index (κ2) is 24.6. The van der Waals surface area contributed by atoms with E-state index in [1.807, 2.05) is 69.6 Å². The van der Waals surface area contributed by atoms with Gasteiger partial charge in [0.1, 0.15) is 11.6 Å². The smallest absolute Gasteiger partial charge is 0.229 e. The highest BCUT2D eigenvalue weighted by Gasteiger charge is 2.41. The van der Waals surface area contributed by atoms with E-state index in [2.05, 4.69) is 71.1 Å². The van der Waals surface area contributed by atoms with Crippen LogP contribution in [0.4, 0.5) is 34.9 Å². The molecule has 2 saturated heterocycles. The standard InChI is InChI=1S/C20H27N5O2.C17H23N5O2.C5H10O2.C3H10Si/c1-21-19-7-9-22-20(24-19)23-15-3-6-17(26-2)18(11-15)27-13-14-8-10-25(12-14)16-4-5-16;1-18-16-6-8-20-17(22-16)21-13-3-4-14(23-2)15(9-13)24-11-12-5-7-19-10-12;1-2-7-5(6)3-4-5;1-4(2)3/h3,6-7,9,11,14,16H,4-5,8,10,12-13H2,1-2H3,(H2,21,22,23,24);3-4,6,8-9,12,19H,5,7,10-11H2,1-2H3,(H2,18,20,21,22);6H,2-4H2,1H3;4H,1-3H3. The van der Waals surface area contributed by atoms with Gasteiger partial charge in [-0.3, -0.25) is 4.90 Å². The summed E-state index contributed by atoms with van der Waals surface area (Å²) in [7, 11) is 6.83. The van der Waals surface area contributed by atoms with Crippen molar-refractivity contribution in [3.63, 3.8) is 0 Å². The van der Waals surface area contributed by atoms with E-state index in [4.69, 9.17) is 28.8 Å². The van der Waals surface area contributed by atoms with Crippen molar-refractivity contribution in [2.45, 2.75) is 76.9 Å². The molecular weight excluding hydrogens is 805 g/mol. The molecule has 2 saturated carbocycles. The predicted octanol–water partition coefficient (Wildman–Crippen LogP) is 7.00. The Morgan fingerprint density at radius 2 is 1.29 bits per heavy atom. The van der Waals surface area contributed by atoms with Gasteiger partial charge in [-0.1, -0.05) is 19.6 Å². The first-order valence-electron chi connectivity index (χ1n) is 22.0. The molecule has 4 aliphatic rings. The third kappa shape index (κ3) is 16.4. The summed E-state index contributed by atoms with van der Waals surface area (Å²) in [6, 6.07) is 16.0. The number of nitrogens with zero attached hydrogens (tertiary/aromatic N) is 5. The highest BCUT2D eigenvalue weighted by molar-refractivity contribution is 6.54. The molecule has 6 N–H and O–H groups in total. The molecule has 2 aromatic carbocycles. The van der Waals surface area contributed by atoms with Crippen molar-refractivity contribution in [2.24, 2.45) is 11.8 Å². The van der Waals surface area contributed by atoms with Crippen LogP contribution in [0.3, 0.4) is 0 Å². The van der Waals surface area contributed by atoms with Crippen LogP contribution in [0.2, 0.25) is 19.6 Å². The van der Waals surface area contributed by atoms with Crippen LogP contribution in [0, 0.1) is 11.8 Å². The molecule has 2 aliphatic carbocycles. The van der Waals surface area contributed by atoms with Crippen molar-refractivity contribution < 1.29 is 28.8 Å². The second-order valence-electron chi connectivity index (χ2n) is 16.5. The average Bonchev–Trinajstić information content (AvgIpc) is 4.14. The minimum absolute atomic E-state index is 0.139. The lowest BCUT2D eigenvalue weighted by Crippen LogP contribution is -2.24. The van der Waals surface area contributed by atoms with Gasteiger partial charge in [-0.25, -0.2) is 9.97 Å². The maximum absolute atomic E-state index is 8.91. The number of rotatable bonds is 17. The highest BCUT2D eigenvalue weighted by atomic mass is 28.3. The van der Waals surface area contributed by atoms with Crippen LogP contribution in [0.5, 0.6) is 23.0 Å². The molecule has 4 fully saturated rings. The largest absolute Gasteiger partial charge is 0.493 e. The molecule has 2 aromatic heterocycles. The van der Waals surface area contributed by atoms with E-state index in [1.165, 1.54) is 25.8 Å². The summed E-state index contributed by atoms with van der Waals surface area (Å²) < 4.78 is 27.9. The maximum Gasteiger partial charge on any atom is 0.229 e. The molecular formula is C45H70N10O6Si. The number of aromatic nitrogens is 4. The Morgan fingerprint density at radius 3 is 1.71 bits per heavy atom. The molecule has 340 valence electrons. The van der Waals surface area contributed by atoms with Crippen LogP contribution < -0.4 is 45.5 Å². The Kier molecular flexibility index (Phi) is 19.1. The van der Waals surface area contributed by atoms with Crippen molar-refractivity contribution in [3.05, 3.63) is 60.9 Å². The van der Waals surface area contributed by atoms with Crippen molar-refractivity contribution in [1.29, 1.82) is 0 Å². The fraction of sp³-hybridized carbons (Fsp3) is 0.556. The van der Waals surface area contributed by atoms with Crippen LogP contribution in [0.1, 0.15) is 45.4 Å². The molecule has 0 bridgehead atoms. The van der Waals surface area contributed by atoms with Crippen LogP contribution in [0.25, 0.3) is 0 Å². The predicted molar refractivity (Wildman–Crippen MR) is 251 cm³/mol. The van der Waals surface area contributed by atoms with Crippen LogP contribution >= 0.6 is 0 Å². The number of methoxy groups -OCH3 is 2. The van der Waals surface area contributed by atoms with E-state index in [9.17, 15) is 0 Å². The lowest BCUT2D eigenvalue weighted by Gasteiger charge is -2.17. The average molecular weight is 875 g/mol. The van der Waals surface area contributed by atoms with Gasteiger partial charge in [0.2, 0.25) is 11.9 Å². The quantitative estimate of drug-likeness (QED) is 0.0471. The molecule has 0 radical (unpaired) electrons. The summed E-state index contributed by atoms with van der Waals surface area (Å²) in [5.74, 6) is 5.94. The van der Waals surface area contributed by atoms with Crippen molar-refractivity contribution in [1.82, 2.24) is 30.2 Å². The number of aliphatic hydroxyl groups is 1. The molecule has 8 rings (SSSR count). The molecule has 0 amide bonds. The van der Waals surface area contributed by atoms with E-state index in [-0.39, 0.29) is 8.80 Å². The number of benzene rings is 2. The van der Waals surface area contributed by atoms with Gasteiger partial charge in [0, 0.05) is 109 Å². The number of hydrogen-bond donors (Lipinski definition) is 6. The number of likely N-dealkylation sites (tertiary alicyclic amines) is 1. The van der Waals surface area contributed by atoms with Gasteiger partial charge < -0.3 is 55.4 Å². The summed E-state index contributed by atoms with van der Waals surface area (Å²) in [5, 5.41) is 24.7. The Bertz CT molecular complexity index is 1930. The molecule has 62 heavy (non-hydrogen) atoms. The Morgan fingerprint density at radius 1 is 0.758 bits per heavy atom. The van der Waals surface area contributed by atoms with E-state index >= 15 is 0 Å². The SMILES string of the molecule is CCOC1(O)CC1.CNc1ccnc(Nc2ccc(OC)c(OCC3CCN(C4CC4)C3)c2)n1.CNc1ccnc(Nc2ccc(OC)c(OCC3CCNC3)c2)n1.C[SiH](C)C. The van der Waals surface area contributed by atoms with Crippen molar-refractivity contribution in [3.8, 4) is 23.0 Å². The number of ether oxygens (including phenoxy) is 5. The summed E-state index contributed by atoms with van der Waals surface area (Å²) >= 11 is 0. The molecule has 0 spiro atoms. The van der Waals surface area contributed by atoms with Crippen molar-refractivity contribution >= 4 is 43.7 Å². The van der Waals surface area contributed by atoms with Gasteiger partial charge >= 0.3 is 0 Å². The zero-order valence-corrected chi connectivity index (χ0v) is 39.2. The topological polar surface area (TPSA) is 181 Å². The zero-order valence-electron chi connectivity index (χ0n) is 38.0. The normalized spacial score (nSPS) is 18.4. The monoisotopic (exact) mass is 875 g/mol. The number of hydrogen-bond acceptors (Lipinski definition) is 16. The van der Waals surface area contributed by atoms with E-state index in [1.54, 1.807) is 26.6 Å². The Labute approximate surface area is 369 Å². The third-order valence-corrected chi connectivity index (χ3v) is 10.2. The molecule has 2 atom stereocenters. The van der Waals surface area contributed by atoms with Crippen LogP contribution in [0.15, 0.2) is 60.9 Å². The lowest BCUT2D eigenvalue weighted by atomic mass is 10.1. The zero-order chi connectivity index (χ0) is 44.3. The van der Waals surface area contributed by atoms with Crippen molar-refractivity contribution in [2.75, 3.05) is 95.6 Å². The van der Waals surface area contributed by atoms with Crippen LogP contribution in [-0.2, 0) is 4.74 Å². The summed E-state index contributed by atoms with van der Waals surface area (Å²) in [6.07, 6.45) is 10.1. The molecule has 2 unspecified atom stereocenters. The first kappa shape index (κ1) is 48.1. The lowest BCUT2D eigenvalue weighted by molar-refractivity contribution is -0.120. The molecule has 4 heterocycles. The fourth-order valence-electron chi connectivity index (χ4n) is 6.67. The number of nitrogens with one attached hydrogen (secondary N) is 5. The van der Waals surface area contributed by atoms with Crippen LogP contribution in [-0.4, -0.2) is 125 Å². The second-order valence-corrected chi connectivity index (χ2v) is 19.9. The van der Waals surface area contributed by atoms with E-state index < -0.39 is 5.79 Å². The summed E-state index contributed by atoms with van der Waals surface area (Å²) in [4.78, 5) is 19.8. The Hall–Kier alpha value is -4.94. The minimum Gasteiger partial charge on any atom is -0.493 e. The first-order chi connectivity index (χ1) is 30.0. The highest BCUT2D eigenvalue weighted by Crippen LogP contribution is 2.36. The van der Waals surface area contributed by atoms with Gasteiger partial charge in [-0.15, -0.1) is 0 Å². The van der Waals surface area contributed by atoms with Gasteiger partial charge in [0.15, 0.2) is 28.8 Å². The molecule has 17 heteroatoms. The number of anilines is 6. The third-order valence-electron chi connectivity index (χ3n) is 10.2. The van der Waals surface area contributed by atoms with E-state index in [0.29, 0.717) is 36.9 Å². The molecule has 2 aliphatic heterocycles. The first-order valence-corrected chi connectivity index (χ1v) is 25.5. The summed E-state index contributed by atoms with van der Waals surface area (Å²) in [5.41, 5.74) is 1.72. The summed E-state index contributed by atoms with van der Waals surface area (Å²) in [6.45, 7) is 15.2. The van der Waals surface area contributed by atoms with Gasteiger partial charge in [0.25, 0.3) is 0 Å².